The number of thiophene rings is 1. The maximum absolute atomic E-state index is 12.2. The lowest BCUT2D eigenvalue weighted by Gasteiger charge is -2.33. The summed E-state index contributed by atoms with van der Waals surface area (Å²) in [5, 5.41) is 0. The second-order valence-corrected chi connectivity index (χ2v) is 5.54. The standard InChI is InChI=1S/C12H17NOS/c1-9-5-3-4-8-13(9)12(14)11-7-6-10(2)15-11/h6-7,9H,3-5,8H2,1-2H3. The second kappa shape index (κ2) is 4.35. The van der Waals surface area contributed by atoms with Crippen LogP contribution in [0.1, 0.15) is 40.7 Å². The molecule has 3 heteroatoms. The van der Waals surface area contributed by atoms with Crippen LogP contribution in [0.4, 0.5) is 0 Å². The number of carbonyl (C=O) groups is 1. The van der Waals surface area contributed by atoms with Gasteiger partial charge in [-0.15, -0.1) is 11.3 Å². The molecule has 1 amide bonds. The molecule has 1 aliphatic rings. The van der Waals surface area contributed by atoms with E-state index in [4.69, 9.17) is 0 Å². The van der Waals surface area contributed by atoms with Gasteiger partial charge in [0.2, 0.25) is 0 Å². The van der Waals surface area contributed by atoms with Crippen molar-refractivity contribution in [3.8, 4) is 0 Å². The van der Waals surface area contributed by atoms with E-state index in [1.807, 2.05) is 24.0 Å². The molecule has 2 nitrogen and oxygen atoms in total. The quantitative estimate of drug-likeness (QED) is 0.716. The van der Waals surface area contributed by atoms with Crippen molar-refractivity contribution in [2.45, 2.75) is 39.2 Å². The van der Waals surface area contributed by atoms with Gasteiger partial charge in [0.05, 0.1) is 4.88 Å². The van der Waals surface area contributed by atoms with Gasteiger partial charge in [-0.2, -0.15) is 0 Å². The van der Waals surface area contributed by atoms with Gasteiger partial charge >= 0.3 is 0 Å². The van der Waals surface area contributed by atoms with Crippen LogP contribution in [0.15, 0.2) is 12.1 Å². The second-order valence-electron chi connectivity index (χ2n) is 4.25. The van der Waals surface area contributed by atoms with Crippen molar-refractivity contribution in [2.24, 2.45) is 0 Å². The van der Waals surface area contributed by atoms with Crippen molar-refractivity contribution in [2.75, 3.05) is 6.54 Å². The van der Waals surface area contributed by atoms with E-state index in [2.05, 4.69) is 6.92 Å². The van der Waals surface area contributed by atoms with Crippen molar-refractivity contribution in [1.82, 2.24) is 4.90 Å². The van der Waals surface area contributed by atoms with Gasteiger partial charge in [0, 0.05) is 17.5 Å². The fourth-order valence-electron chi connectivity index (χ4n) is 2.09. The number of piperidine rings is 1. The molecule has 1 unspecified atom stereocenters. The highest BCUT2D eigenvalue weighted by Gasteiger charge is 2.24. The smallest absolute Gasteiger partial charge is 0.264 e. The van der Waals surface area contributed by atoms with Crippen LogP contribution >= 0.6 is 11.3 Å². The Morgan fingerprint density at radius 2 is 2.27 bits per heavy atom. The minimum absolute atomic E-state index is 0.223. The van der Waals surface area contributed by atoms with Gasteiger partial charge in [-0.05, 0) is 45.2 Å². The van der Waals surface area contributed by atoms with Gasteiger partial charge in [-0.25, -0.2) is 0 Å². The van der Waals surface area contributed by atoms with Crippen LogP contribution in [0.25, 0.3) is 0 Å². The Hall–Kier alpha value is -0.830. The highest BCUT2D eigenvalue weighted by molar-refractivity contribution is 7.13. The van der Waals surface area contributed by atoms with Gasteiger partial charge in [-0.3, -0.25) is 4.79 Å². The topological polar surface area (TPSA) is 20.3 Å². The van der Waals surface area contributed by atoms with Crippen molar-refractivity contribution < 1.29 is 4.79 Å². The van der Waals surface area contributed by atoms with Crippen molar-refractivity contribution in [3.05, 3.63) is 21.9 Å². The summed E-state index contributed by atoms with van der Waals surface area (Å²) in [6.45, 7) is 5.12. The molecule has 1 aromatic rings. The first-order chi connectivity index (χ1) is 7.18. The van der Waals surface area contributed by atoms with Crippen LogP contribution in [0.3, 0.4) is 0 Å². The number of hydrogen-bond acceptors (Lipinski definition) is 2. The zero-order valence-corrected chi connectivity index (χ0v) is 10.1. The minimum atomic E-state index is 0.223. The van der Waals surface area contributed by atoms with E-state index in [0.29, 0.717) is 6.04 Å². The summed E-state index contributed by atoms with van der Waals surface area (Å²) in [5.41, 5.74) is 0. The lowest BCUT2D eigenvalue weighted by Crippen LogP contribution is -2.41. The zero-order chi connectivity index (χ0) is 10.8. The molecule has 0 aromatic carbocycles. The summed E-state index contributed by atoms with van der Waals surface area (Å²) in [4.78, 5) is 16.3. The summed E-state index contributed by atoms with van der Waals surface area (Å²) < 4.78 is 0. The average molecular weight is 223 g/mol. The molecule has 0 aliphatic carbocycles. The summed E-state index contributed by atoms with van der Waals surface area (Å²) >= 11 is 1.60. The SMILES string of the molecule is Cc1ccc(C(=O)N2CCCCC2C)s1. The molecular formula is C12H17NOS. The van der Waals surface area contributed by atoms with E-state index >= 15 is 0 Å². The maximum atomic E-state index is 12.2. The third kappa shape index (κ3) is 2.23. The molecule has 0 radical (unpaired) electrons. The van der Waals surface area contributed by atoms with E-state index in [9.17, 15) is 4.79 Å². The van der Waals surface area contributed by atoms with Crippen LogP contribution in [0, 0.1) is 6.92 Å². The molecule has 0 saturated carbocycles. The summed E-state index contributed by atoms with van der Waals surface area (Å²) in [6.07, 6.45) is 3.56. The normalized spacial score (nSPS) is 21.7. The monoisotopic (exact) mass is 223 g/mol. The first-order valence-electron chi connectivity index (χ1n) is 5.56. The van der Waals surface area contributed by atoms with Crippen molar-refractivity contribution >= 4 is 17.2 Å². The van der Waals surface area contributed by atoms with Crippen LogP contribution in [-0.4, -0.2) is 23.4 Å². The molecule has 1 aromatic heterocycles. The molecule has 2 heterocycles. The fraction of sp³-hybridized carbons (Fsp3) is 0.583. The van der Waals surface area contributed by atoms with E-state index in [1.165, 1.54) is 11.3 Å². The summed E-state index contributed by atoms with van der Waals surface area (Å²) in [5.74, 6) is 0.223. The van der Waals surface area contributed by atoms with Crippen molar-refractivity contribution in [3.63, 3.8) is 0 Å². The van der Waals surface area contributed by atoms with Gasteiger partial charge in [-0.1, -0.05) is 0 Å². The number of hydrogen-bond donors (Lipinski definition) is 0. The van der Waals surface area contributed by atoms with Crippen LogP contribution < -0.4 is 0 Å². The molecule has 1 aliphatic heterocycles. The molecule has 0 N–H and O–H groups in total. The van der Waals surface area contributed by atoms with E-state index in [0.717, 1.165) is 24.3 Å². The van der Waals surface area contributed by atoms with Gasteiger partial charge < -0.3 is 4.90 Å². The molecular weight excluding hydrogens is 206 g/mol. The van der Waals surface area contributed by atoms with Gasteiger partial charge in [0.1, 0.15) is 0 Å². The summed E-state index contributed by atoms with van der Waals surface area (Å²) in [7, 11) is 0. The predicted molar refractivity (Wildman–Crippen MR) is 63.4 cm³/mol. The molecule has 1 atom stereocenters. The highest BCUT2D eigenvalue weighted by Crippen LogP contribution is 2.22. The Morgan fingerprint density at radius 1 is 1.47 bits per heavy atom. The minimum Gasteiger partial charge on any atom is -0.335 e. The van der Waals surface area contributed by atoms with E-state index in [-0.39, 0.29) is 5.91 Å². The lowest BCUT2D eigenvalue weighted by atomic mass is 10.0. The van der Waals surface area contributed by atoms with Crippen LogP contribution in [-0.2, 0) is 0 Å². The third-order valence-electron chi connectivity index (χ3n) is 3.01. The molecule has 15 heavy (non-hydrogen) atoms. The zero-order valence-electron chi connectivity index (χ0n) is 9.32. The fourth-order valence-corrected chi connectivity index (χ4v) is 2.91. The molecule has 1 fully saturated rings. The highest BCUT2D eigenvalue weighted by atomic mass is 32.1. The third-order valence-corrected chi connectivity index (χ3v) is 4.00. The van der Waals surface area contributed by atoms with E-state index < -0.39 is 0 Å². The van der Waals surface area contributed by atoms with Crippen LogP contribution in [0.5, 0.6) is 0 Å². The largest absolute Gasteiger partial charge is 0.335 e. The number of aryl methyl sites for hydroxylation is 1. The van der Waals surface area contributed by atoms with Crippen molar-refractivity contribution in [1.29, 1.82) is 0 Å². The van der Waals surface area contributed by atoms with E-state index in [1.54, 1.807) is 11.3 Å². The lowest BCUT2D eigenvalue weighted by molar-refractivity contribution is 0.0640. The van der Waals surface area contributed by atoms with Gasteiger partial charge in [0.25, 0.3) is 5.91 Å². The number of likely N-dealkylation sites (tertiary alicyclic amines) is 1. The first kappa shape index (κ1) is 10.7. The Morgan fingerprint density at radius 3 is 2.87 bits per heavy atom. The van der Waals surface area contributed by atoms with Crippen LogP contribution in [0.2, 0.25) is 0 Å². The Bertz CT molecular complexity index is 358. The molecule has 0 bridgehead atoms. The predicted octanol–water partition coefficient (Wildman–Crippen LogP) is 3.07. The Kier molecular flexibility index (Phi) is 3.10. The number of nitrogens with zero attached hydrogens (tertiary/aromatic N) is 1. The summed E-state index contributed by atoms with van der Waals surface area (Å²) in [6, 6.07) is 4.38. The Balaban J connectivity index is 2.13. The Labute approximate surface area is 94.9 Å². The number of amides is 1. The average Bonchev–Trinajstić information content (AvgIpc) is 2.65. The molecule has 1 saturated heterocycles. The molecule has 2 rings (SSSR count). The number of rotatable bonds is 1. The molecule has 0 spiro atoms. The number of carbonyl (C=O) groups excluding carboxylic acids is 1. The van der Waals surface area contributed by atoms with Gasteiger partial charge in [0.15, 0.2) is 0 Å². The molecule has 82 valence electrons. The first-order valence-corrected chi connectivity index (χ1v) is 6.37. The maximum Gasteiger partial charge on any atom is 0.264 e.